The van der Waals surface area contributed by atoms with Gasteiger partial charge in [0, 0.05) is 38.6 Å². The molecule has 4 rings (SSSR count). The van der Waals surface area contributed by atoms with E-state index in [1.165, 1.54) is 23.7 Å². The van der Waals surface area contributed by atoms with Crippen LogP contribution in [0.3, 0.4) is 0 Å². The fraction of sp³-hybridized carbons (Fsp3) is 0.273. The molecule has 8 heteroatoms. The van der Waals surface area contributed by atoms with Crippen molar-refractivity contribution in [3.63, 3.8) is 0 Å². The third-order valence-electron chi connectivity index (χ3n) is 5.80. The van der Waals surface area contributed by atoms with Crippen LogP contribution in [-0.2, 0) is 19.7 Å². The number of benzene rings is 2. The Bertz CT molecular complexity index is 1240. The normalized spacial score (nSPS) is 20.3. The van der Waals surface area contributed by atoms with Crippen molar-refractivity contribution < 1.29 is 9.66 Å². The summed E-state index contributed by atoms with van der Waals surface area (Å²) < 4.78 is 8.71. The Morgan fingerprint density at radius 3 is 2.27 bits per heavy atom. The molecule has 2 heterocycles. The smallest absolute Gasteiger partial charge is 0.333 e. The highest BCUT2D eigenvalue weighted by Crippen LogP contribution is 2.46. The molecule has 0 fully saturated rings. The number of ether oxygens (including phenoxy) is 1. The van der Waals surface area contributed by atoms with Crippen LogP contribution in [0.25, 0.3) is 0 Å². The molecule has 1 aromatic heterocycles. The SMILES string of the molecule is Cn1c2c(c(=O)n(C)c1=O)[C@@H](c1ccc([N+](=O)[O-])cc1)C[C@](C)(c1ccccc1)O2. The minimum absolute atomic E-state index is 0.0229. The quantitative estimate of drug-likeness (QED) is 0.491. The Hall–Kier alpha value is -3.68. The van der Waals surface area contributed by atoms with Crippen molar-refractivity contribution in [1.29, 1.82) is 0 Å². The standard InChI is InChI=1S/C22H21N3O5/c1-22(15-7-5-4-6-8-15)13-17(14-9-11-16(12-10-14)25(28)29)18-19(26)23(2)21(27)24(3)20(18)30-22/h4-12,17H,13H2,1-3H3/t17-,22-/m1/s1. The maximum Gasteiger partial charge on any atom is 0.333 e. The van der Waals surface area contributed by atoms with Gasteiger partial charge in [0.05, 0.1) is 10.5 Å². The van der Waals surface area contributed by atoms with Crippen molar-refractivity contribution in [2.45, 2.75) is 24.9 Å². The van der Waals surface area contributed by atoms with Crippen LogP contribution in [0.1, 0.15) is 36.0 Å². The van der Waals surface area contributed by atoms with Crippen molar-refractivity contribution in [1.82, 2.24) is 9.13 Å². The predicted molar refractivity (Wildman–Crippen MR) is 111 cm³/mol. The lowest BCUT2D eigenvalue weighted by atomic mass is 9.77. The topological polar surface area (TPSA) is 96.4 Å². The van der Waals surface area contributed by atoms with Gasteiger partial charge in [0.1, 0.15) is 5.60 Å². The monoisotopic (exact) mass is 407 g/mol. The van der Waals surface area contributed by atoms with Gasteiger partial charge in [-0.2, -0.15) is 0 Å². The first-order chi connectivity index (χ1) is 14.2. The largest absolute Gasteiger partial charge is 0.467 e. The van der Waals surface area contributed by atoms with Crippen molar-refractivity contribution in [3.8, 4) is 5.88 Å². The average Bonchev–Trinajstić information content (AvgIpc) is 2.76. The maximum absolute atomic E-state index is 13.1. The summed E-state index contributed by atoms with van der Waals surface area (Å²) in [4.78, 5) is 36.2. The number of hydrogen-bond donors (Lipinski definition) is 0. The zero-order valence-electron chi connectivity index (χ0n) is 16.9. The summed E-state index contributed by atoms with van der Waals surface area (Å²) in [7, 11) is 3.01. The third kappa shape index (κ3) is 3.01. The molecule has 0 N–H and O–H groups in total. The molecular weight excluding hydrogens is 386 g/mol. The van der Waals surface area contributed by atoms with E-state index >= 15 is 0 Å². The minimum atomic E-state index is -0.794. The first-order valence-corrected chi connectivity index (χ1v) is 9.52. The van der Waals surface area contributed by atoms with Gasteiger partial charge in [0.25, 0.3) is 11.2 Å². The fourth-order valence-corrected chi connectivity index (χ4v) is 4.10. The molecule has 2 aromatic carbocycles. The summed E-state index contributed by atoms with van der Waals surface area (Å²) >= 11 is 0. The number of nitro groups is 1. The lowest BCUT2D eigenvalue weighted by Crippen LogP contribution is -2.46. The molecule has 154 valence electrons. The van der Waals surface area contributed by atoms with Gasteiger partial charge in [0.2, 0.25) is 5.88 Å². The van der Waals surface area contributed by atoms with Crippen LogP contribution in [0, 0.1) is 10.1 Å². The first kappa shape index (κ1) is 19.6. The van der Waals surface area contributed by atoms with Crippen LogP contribution < -0.4 is 16.0 Å². The second-order valence-corrected chi connectivity index (χ2v) is 7.73. The van der Waals surface area contributed by atoms with Crippen LogP contribution in [-0.4, -0.2) is 14.1 Å². The van der Waals surface area contributed by atoms with E-state index in [1.54, 1.807) is 19.2 Å². The molecule has 0 spiro atoms. The van der Waals surface area contributed by atoms with Crippen LogP contribution >= 0.6 is 0 Å². The van der Waals surface area contributed by atoms with E-state index in [4.69, 9.17) is 4.74 Å². The average molecular weight is 407 g/mol. The minimum Gasteiger partial charge on any atom is -0.467 e. The summed E-state index contributed by atoms with van der Waals surface area (Å²) in [5, 5.41) is 11.1. The van der Waals surface area contributed by atoms with Crippen molar-refractivity contribution in [2.24, 2.45) is 14.1 Å². The lowest BCUT2D eigenvalue weighted by molar-refractivity contribution is -0.384. The number of nitro benzene ring substituents is 1. The van der Waals surface area contributed by atoms with Gasteiger partial charge < -0.3 is 4.74 Å². The summed E-state index contributed by atoms with van der Waals surface area (Å²) in [6.45, 7) is 1.92. The molecule has 2 atom stereocenters. The van der Waals surface area contributed by atoms with E-state index in [1.807, 2.05) is 37.3 Å². The van der Waals surface area contributed by atoms with E-state index in [2.05, 4.69) is 0 Å². The summed E-state index contributed by atoms with van der Waals surface area (Å²) in [5.74, 6) is -0.172. The second-order valence-electron chi connectivity index (χ2n) is 7.73. The van der Waals surface area contributed by atoms with E-state index in [-0.39, 0.29) is 11.6 Å². The van der Waals surface area contributed by atoms with Crippen LogP contribution in [0.5, 0.6) is 5.88 Å². The zero-order valence-corrected chi connectivity index (χ0v) is 16.9. The molecule has 0 bridgehead atoms. The number of non-ortho nitro benzene ring substituents is 1. The number of nitrogens with zero attached hydrogens (tertiary/aromatic N) is 3. The first-order valence-electron chi connectivity index (χ1n) is 9.52. The maximum atomic E-state index is 13.1. The fourth-order valence-electron chi connectivity index (χ4n) is 4.10. The molecule has 0 saturated carbocycles. The molecule has 0 aliphatic carbocycles. The molecule has 0 saturated heterocycles. The van der Waals surface area contributed by atoms with Gasteiger partial charge in [0.15, 0.2) is 0 Å². The van der Waals surface area contributed by atoms with Crippen molar-refractivity contribution in [3.05, 3.63) is 102 Å². The zero-order chi connectivity index (χ0) is 21.6. The van der Waals surface area contributed by atoms with Gasteiger partial charge in [-0.3, -0.25) is 24.0 Å². The molecule has 0 amide bonds. The van der Waals surface area contributed by atoms with Gasteiger partial charge in [-0.15, -0.1) is 0 Å². The molecule has 1 aliphatic heterocycles. The molecule has 8 nitrogen and oxygen atoms in total. The van der Waals surface area contributed by atoms with E-state index < -0.39 is 27.7 Å². The second kappa shape index (κ2) is 6.98. The Kier molecular flexibility index (Phi) is 4.57. The van der Waals surface area contributed by atoms with Gasteiger partial charge in [-0.05, 0) is 18.1 Å². The predicted octanol–water partition coefficient (Wildman–Crippen LogP) is 2.82. The van der Waals surface area contributed by atoms with E-state index in [9.17, 15) is 19.7 Å². The van der Waals surface area contributed by atoms with Crippen LogP contribution in [0.15, 0.2) is 64.2 Å². The van der Waals surface area contributed by atoms with Crippen molar-refractivity contribution >= 4 is 5.69 Å². The Balaban J connectivity index is 1.96. The number of rotatable bonds is 3. The Labute approximate surface area is 172 Å². The van der Waals surface area contributed by atoms with Gasteiger partial charge in [-0.1, -0.05) is 42.5 Å². The van der Waals surface area contributed by atoms with Gasteiger partial charge in [-0.25, -0.2) is 4.79 Å². The third-order valence-corrected chi connectivity index (χ3v) is 5.80. The summed E-state index contributed by atoms with van der Waals surface area (Å²) in [5.41, 5.74) is 0.327. The summed E-state index contributed by atoms with van der Waals surface area (Å²) in [6.07, 6.45) is 0.440. The highest BCUT2D eigenvalue weighted by atomic mass is 16.6. The van der Waals surface area contributed by atoms with Gasteiger partial charge >= 0.3 is 5.69 Å². The van der Waals surface area contributed by atoms with Crippen LogP contribution in [0.4, 0.5) is 5.69 Å². The molecule has 1 aliphatic rings. The molecule has 0 unspecified atom stereocenters. The highest BCUT2D eigenvalue weighted by molar-refractivity contribution is 5.44. The molecule has 0 radical (unpaired) electrons. The number of fused-ring (bicyclic) bond motifs is 1. The van der Waals surface area contributed by atoms with E-state index in [0.717, 1.165) is 15.7 Å². The van der Waals surface area contributed by atoms with E-state index in [0.29, 0.717) is 12.0 Å². The lowest BCUT2D eigenvalue weighted by Gasteiger charge is -2.40. The molecule has 30 heavy (non-hydrogen) atoms. The van der Waals surface area contributed by atoms with Crippen LogP contribution in [0.2, 0.25) is 0 Å². The Morgan fingerprint density at radius 1 is 1.03 bits per heavy atom. The Morgan fingerprint density at radius 2 is 1.67 bits per heavy atom. The number of hydrogen-bond acceptors (Lipinski definition) is 5. The molecular formula is C22H21N3O5. The van der Waals surface area contributed by atoms with Crippen molar-refractivity contribution in [2.75, 3.05) is 0 Å². The molecule has 3 aromatic rings. The highest BCUT2D eigenvalue weighted by Gasteiger charge is 2.42. The number of aromatic nitrogens is 2. The summed E-state index contributed by atoms with van der Waals surface area (Å²) in [6, 6.07) is 15.8.